The maximum absolute atomic E-state index is 11.9. The van der Waals surface area contributed by atoms with E-state index in [1.807, 2.05) is 43.3 Å². The molecular formula is C22H28O2. The first kappa shape index (κ1) is 18.3. The molecule has 2 nitrogen and oxygen atoms in total. The van der Waals surface area contributed by atoms with Gasteiger partial charge < -0.3 is 5.11 Å². The van der Waals surface area contributed by atoms with Gasteiger partial charge in [0.2, 0.25) is 0 Å². The van der Waals surface area contributed by atoms with Gasteiger partial charge in [-0.1, -0.05) is 67.6 Å². The Morgan fingerprint density at radius 2 is 1.25 bits per heavy atom. The molecule has 0 bridgehead atoms. The first-order valence-electron chi connectivity index (χ1n) is 8.97. The Balaban J connectivity index is 1.89. The van der Waals surface area contributed by atoms with Crippen LogP contribution in [-0.4, -0.2) is 11.1 Å². The molecule has 0 heterocycles. The summed E-state index contributed by atoms with van der Waals surface area (Å²) < 4.78 is 0. The van der Waals surface area contributed by atoms with Crippen LogP contribution in [0.5, 0.6) is 0 Å². The summed E-state index contributed by atoms with van der Waals surface area (Å²) in [6.07, 6.45) is 5.96. The zero-order chi connectivity index (χ0) is 17.3. The van der Waals surface area contributed by atoms with E-state index in [1.54, 1.807) is 0 Å². The fourth-order valence-corrected chi connectivity index (χ4v) is 3.39. The summed E-state index contributed by atoms with van der Waals surface area (Å²) >= 11 is 0. The van der Waals surface area contributed by atoms with Gasteiger partial charge in [-0.2, -0.15) is 0 Å². The molecule has 0 fully saturated rings. The number of hydrogen-bond acceptors (Lipinski definition) is 1. The molecule has 0 saturated heterocycles. The highest BCUT2D eigenvalue weighted by Gasteiger charge is 2.35. The van der Waals surface area contributed by atoms with Gasteiger partial charge in [0.1, 0.15) is 0 Å². The lowest BCUT2D eigenvalue weighted by atomic mass is 9.75. The molecule has 0 aliphatic rings. The third kappa shape index (κ3) is 5.23. The van der Waals surface area contributed by atoms with Gasteiger partial charge in [0, 0.05) is 0 Å². The average Bonchev–Trinajstić information content (AvgIpc) is 2.62. The summed E-state index contributed by atoms with van der Waals surface area (Å²) in [5, 5.41) is 9.82. The summed E-state index contributed by atoms with van der Waals surface area (Å²) in [4.78, 5) is 11.9. The first-order valence-corrected chi connectivity index (χ1v) is 8.97. The predicted molar refractivity (Wildman–Crippen MR) is 99.1 cm³/mol. The highest BCUT2D eigenvalue weighted by Crippen LogP contribution is 2.35. The second kappa shape index (κ2) is 9.27. The van der Waals surface area contributed by atoms with Crippen LogP contribution in [0.4, 0.5) is 0 Å². The van der Waals surface area contributed by atoms with Gasteiger partial charge >= 0.3 is 5.97 Å². The Morgan fingerprint density at radius 1 is 0.833 bits per heavy atom. The Labute approximate surface area is 145 Å². The van der Waals surface area contributed by atoms with Gasteiger partial charge in [-0.15, -0.1) is 0 Å². The molecule has 24 heavy (non-hydrogen) atoms. The van der Waals surface area contributed by atoms with Gasteiger partial charge in [-0.3, -0.25) is 4.79 Å². The molecule has 0 spiro atoms. The van der Waals surface area contributed by atoms with Crippen molar-refractivity contribution in [1.29, 1.82) is 0 Å². The van der Waals surface area contributed by atoms with Crippen molar-refractivity contribution in [3.63, 3.8) is 0 Å². The molecular weight excluding hydrogens is 296 g/mol. The number of carboxylic acid groups (broad SMARTS) is 1. The third-order valence-corrected chi connectivity index (χ3v) is 5.06. The highest BCUT2D eigenvalue weighted by atomic mass is 16.4. The van der Waals surface area contributed by atoms with Crippen LogP contribution in [0, 0.1) is 5.41 Å². The van der Waals surface area contributed by atoms with Crippen LogP contribution >= 0.6 is 0 Å². The summed E-state index contributed by atoms with van der Waals surface area (Å²) in [6, 6.07) is 20.7. The van der Waals surface area contributed by atoms with Crippen LogP contribution in [-0.2, 0) is 17.6 Å². The van der Waals surface area contributed by atoms with E-state index in [1.165, 1.54) is 11.1 Å². The van der Waals surface area contributed by atoms with Crippen LogP contribution in [0.25, 0.3) is 0 Å². The van der Waals surface area contributed by atoms with Gasteiger partial charge in [0.05, 0.1) is 5.41 Å². The van der Waals surface area contributed by atoms with E-state index >= 15 is 0 Å². The fraction of sp³-hybridized carbons (Fsp3) is 0.409. The van der Waals surface area contributed by atoms with E-state index in [2.05, 4.69) is 24.3 Å². The Hall–Kier alpha value is -2.09. The minimum atomic E-state index is -0.633. The molecule has 2 rings (SSSR count). The maximum Gasteiger partial charge on any atom is 0.309 e. The SMILES string of the molecule is CCC(CCCc1ccccc1)(CCCc1ccccc1)C(=O)O. The van der Waals surface area contributed by atoms with Gasteiger partial charge in [-0.25, -0.2) is 0 Å². The van der Waals surface area contributed by atoms with Crippen molar-refractivity contribution in [2.45, 2.75) is 51.9 Å². The molecule has 0 aliphatic carbocycles. The normalized spacial score (nSPS) is 11.4. The molecule has 2 aromatic rings. The number of aliphatic carboxylic acids is 1. The molecule has 0 atom stereocenters. The lowest BCUT2D eigenvalue weighted by molar-refractivity contribution is -0.150. The molecule has 1 N–H and O–H groups in total. The molecule has 0 aromatic heterocycles. The second-order valence-corrected chi connectivity index (χ2v) is 6.62. The van der Waals surface area contributed by atoms with Crippen LogP contribution in [0.2, 0.25) is 0 Å². The lowest BCUT2D eigenvalue weighted by Gasteiger charge is -2.28. The van der Waals surface area contributed by atoms with Crippen molar-refractivity contribution < 1.29 is 9.90 Å². The minimum absolute atomic E-state index is 0.580. The molecule has 128 valence electrons. The largest absolute Gasteiger partial charge is 0.481 e. The van der Waals surface area contributed by atoms with Crippen molar-refractivity contribution in [1.82, 2.24) is 0 Å². The lowest BCUT2D eigenvalue weighted by Crippen LogP contribution is -2.30. The van der Waals surface area contributed by atoms with Gasteiger partial charge in [-0.05, 0) is 56.1 Å². The second-order valence-electron chi connectivity index (χ2n) is 6.62. The van der Waals surface area contributed by atoms with Crippen molar-refractivity contribution in [2.24, 2.45) is 5.41 Å². The van der Waals surface area contributed by atoms with E-state index in [9.17, 15) is 9.90 Å². The van der Waals surface area contributed by atoms with Crippen molar-refractivity contribution in [3.8, 4) is 0 Å². The first-order chi connectivity index (χ1) is 11.7. The van der Waals surface area contributed by atoms with E-state index in [0.717, 1.165) is 38.5 Å². The maximum atomic E-state index is 11.9. The van der Waals surface area contributed by atoms with Gasteiger partial charge in [0.25, 0.3) is 0 Å². The number of aryl methyl sites for hydroxylation is 2. The number of benzene rings is 2. The molecule has 0 amide bonds. The van der Waals surface area contributed by atoms with E-state index in [-0.39, 0.29) is 0 Å². The standard InChI is InChI=1S/C22H28O2/c1-2-22(21(23)24,17-9-15-19-11-5-3-6-12-19)18-10-16-20-13-7-4-8-14-20/h3-8,11-14H,2,9-10,15-18H2,1H3,(H,23,24). The quantitative estimate of drug-likeness (QED) is 0.625. The Kier molecular flexibility index (Phi) is 7.05. The Morgan fingerprint density at radius 3 is 1.58 bits per heavy atom. The van der Waals surface area contributed by atoms with E-state index in [4.69, 9.17) is 0 Å². The van der Waals surface area contributed by atoms with Gasteiger partial charge in [0.15, 0.2) is 0 Å². The van der Waals surface area contributed by atoms with Crippen LogP contribution in [0.15, 0.2) is 60.7 Å². The van der Waals surface area contributed by atoms with E-state index in [0.29, 0.717) is 6.42 Å². The minimum Gasteiger partial charge on any atom is -0.481 e. The van der Waals surface area contributed by atoms with Crippen LogP contribution in [0.3, 0.4) is 0 Å². The van der Waals surface area contributed by atoms with Crippen molar-refractivity contribution in [3.05, 3.63) is 71.8 Å². The van der Waals surface area contributed by atoms with E-state index < -0.39 is 11.4 Å². The number of rotatable bonds is 10. The summed E-state index contributed by atoms with van der Waals surface area (Å²) in [7, 11) is 0. The van der Waals surface area contributed by atoms with Crippen molar-refractivity contribution >= 4 is 5.97 Å². The highest BCUT2D eigenvalue weighted by molar-refractivity contribution is 5.74. The third-order valence-electron chi connectivity index (χ3n) is 5.06. The van der Waals surface area contributed by atoms with Crippen LogP contribution < -0.4 is 0 Å². The number of hydrogen-bond donors (Lipinski definition) is 1. The molecule has 2 aromatic carbocycles. The molecule has 0 aliphatic heterocycles. The monoisotopic (exact) mass is 324 g/mol. The summed E-state index contributed by atoms with van der Waals surface area (Å²) in [5.74, 6) is -0.633. The average molecular weight is 324 g/mol. The summed E-state index contributed by atoms with van der Waals surface area (Å²) in [6.45, 7) is 2.01. The predicted octanol–water partition coefficient (Wildman–Crippen LogP) is 5.51. The smallest absolute Gasteiger partial charge is 0.309 e. The molecule has 0 radical (unpaired) electrons. The number of carboxylic acids is 1. The zero-order valence-electron chi connectivity index (χ0n) is 14.6. The summed E-state index contributed by atoms with van der Waals surface area (Å²) in [5.41, 5.74) is 2.00. The molecule has 0 saturated carbocycles. The topological polar surface area (TPSA) is 37.3 Å². The zero-order valence-corrected chi connectivity index (χ0v) is 14.6. The van der Waals surface area contributed by atoms with Crippen molar-refractivity contribution in [2.75, 3.05) is 0 Å². The van der Waals surface area contributed by atoms with Crippen LogP contribution in [0.1, 0.15) is 50.2 Å². The molecule has 0 unspecified atom stereocenters. The Bertz CT molecular complexity index is 559. The number of carbonyl (C=O) groups is 1. The fourth-order valence-electron chi connectivity index (χ4n) is 3.39. The molecule has 2 heteroatoms.